The van der Waals surface area contributed by atoms with E-state index in [9.17, 15) is 4.79 Å². The number of carbonyl (C=O) groups is 1. The number of urea groups is 1. The molecule has 0 saturated carbocycles. The summed E-state index contributed by atoms with van der Waals surface area (Å²) in [5.41, 5.74) is 1.19. The van der Waals surface area contributed by atoms with Crippen LogP contribution in [-0.4, -0.2) is 38.0 Å². The lowest BCUT2D eigenvalue weighted by atomic mass is 10.0. The number of hydrogen-bond acceptors (Lipinski definition) is 4. The van der Waals surface area contributed by atoms with Crippen LogP contribution in [-0.2, 0) is 6.54 Å². The molecule has 7 heteroatoms. The molecule has 2 aromatic heterocycles. The third-order valence-corrected chi connectivity index (χ3v) is 3.37. The Labute approximate surface area is 135 Å². The van der Waals surface area contributed by atoms with Crippen molar-refractivity contribution in [1.82, 2.24) is 20.1 Å². The molecule has 0 spiro atoms. The first-order chi connectivity index (χ1) is 10.9. The number of pyridine rings is 1. The maximum atomic E-state index is 12.2. The van der Waals surface area contributed by atoms with E-state index in [-0.39, 0.29) is 12.6 Å². The van der Waals surface area contributed by atoms with Gasteiger partial charge in [-0.2, -0.15) is 5.10 Å². The summed E-state index contributed by atoms with van der Waals surface area (Å²) >= 11 is 0. The van der Waals surface area contributed by atoms with Gasteiger partial charge in [-0.3, -0.25) is 10.3 Å². The average molecular weight is 317 g/mol. The van der Waals surface area contributed by atoms with Crippen LogP contribution in [0.2, 0.25) is 0 Å². The van der Waals surface area contributed by atoms with Gasteiger partial charge in [0.15, 0.2) is 0 Å². The van der Waals surface area contributed by atoms with Crippen molar-refractivity contribution in [3.8, 4) is 0 Å². The maximum Gasteiger partial charge on any atom is 0.320 e. The molecule has 0 aliphatic carbocycles. The molecule has 0 radical (unpaired) electrons. The van der Waals surface area contributed by atoms with E-state index in [2.05, 4.69) is 20.7 Å². The van der Waals surface area contributed by atoms with Crippen LogP contribution >= 0.6 is 0 Å². The number of carbonyl (C=O) groups excluding carboxylic acids is 1. The predicted octanol–water partition coefficient (Wildman–Crippen LogP) is 1.92. The number of aliphatic hydroxyl groups is 1. The van der Waals surface area contributed by atoms with E-state index >= 15 is 0 Å². The molecule has 124 valence electrons. The molecule has 0 fully saturated rings. The van der Waals surface area contributed by atoms with Gasteiger partial charge in [0.25, 0.3) is 0 Å². The highest BCUT2D eigenvalue weighted by molar-refractivity contribution is 5.88. The standard InChI is InChI=1S/C16H23N5O2/c1-12-10-14(18-15(23)19-16(2,3)7-9-22)21(20-12)11-13-6-4-5-8-17-13/h4-6,8,10,22H,7,9,11H2,1-3H3,(H2,18,19,23). The van der Waals surface area contributed by atoms with Gasteiger partial charge in [0, 0.05) is 24.4 Å². The molecule has 0 aromatic carbocycles. The van der Waals surface area contributed by atoms with Crippen LogP contribution in [0.15, 0.2) is 30.5 Å². The van der Waals surface area contributed by atoms with E-state index in [1.165, 1.54) is 0 Å². The number of aromatic nitrogens is 3. The fraction of sp³-hybridized carbons (Fsp3) is 0.438. The average Bonchev–Trinajstić information content (AvgIpc) is 2.78. The van der Waals surface area contributed by atoms with Gasteiger partial charge in [0.2, 0.25) is 0 Å². The number of anilines is 1. The first-order valence-electron chi connectivity index (χ1n) is 7.54. The van der Waals surface area contributed by atoms with Crippen molar-refractivity contribution >= 4 is 11.8 Å². The summed E-state index contributed by atoms with van der Waals surface area (Å²) in [6.07, 6.45) is 2.20. The topological polar surface area (TPSA) is 92.1 Å². The van der Waals surface area contributed by atoms with Gasteiger partial charge < -0.3 is 10.4 Å². The molecule has 0 aliphatic rings. The van der Waals surface area contributed by atoms with E-state index in [0.717, 1.165) is 11.4 Å². The SMILES string of the molecule is Cc1cc(NC(=O)NC(C)(C)CCO)n(Cc2ccccn2)n1. The fourth-order valence-corrected chi connectivity index (χ4v) is 2.21. The summed E-state index contributed by atoms with van der Waals surface area (Å²) in [5, 5.41) is 19.1. The largest absolute Gasteiger partial charge is 0.396 e. The summed E-state index contributed by atoms with van der Waals surface area (Å²) in [6.45, 7) is 6.08. The quantitative estimate of drug-likeness (QED) is 0.759. The minimum Gasteiger partial charge on any atom is -0.396 e. The Morgan fingerprint density at radius 2 is 2.17 bits per heavy atom. The highest BCUT2D eigenvalue weighted by Crippen LogP contribution is 2.13. The summed E-state index contributed by atoms with van der Waals surface area (Å²) in [5.74, 6) is 0.602. The summed E-state index contributed by atoms with van der Waals surface area (Å²) in [4.78, 5) is 16.4. The van der Waals surface area contributed by atoms with Gasteiger partial charge >= 0.3 is 6.03 Å². The number of aliphatic hydroxyl groups excluding tert-OH is 1. The van der Waals surface area contributed by atoms with Crippen LogP contribution in [0.4, 0.5) is 10.6 Å². The van der Waals surface area contributed by atoms with E-state index in [1.807, 2.05) is 45.0 Å². The molecule has 23 heavy (non-hydrogen) atoms. The number of hydrogen-bond donors (Lipinski definition) is 3. The Morgan fingerprint density at radius 3 is 2.83 bits per heavy atom. The number of rotatable bonds is 6. The highest BCUT2D eigenvalue weighted by Gasteiger charge is 2.20. The number of aryl methyl sites for hydroxylation is 1. The van der Waals surface area contributed by atoms with E-state index < -0.39 is 5.54 Å². The third kappa shape index (κ3) is 5.07. The van der Waals surface area contributed by atoms with E-state index in [1.54, 1.807) is 10.9 Å². The van der Waals surface area contributed by atoms with Gasteiger partial charge in [0.05, 0.1) is 17.9 Å². The molecule has 2 amide bonds. The molecule has 2 aromatic rings. The highest BCUT2D eigenvalue weighted by atomic mass is 16.3. The van der Waals surface area contributed by atoms with Gasteiger partial charge in [-0.05, 0) is 39.3 Å². The molecule has 0 bridgehead atoms. The molecular formula is C16H23N5O2. The predicted molar refractivity (Wildman–Crippen MR) is 88.2 cm³/mol. The molecule has 0 unspecified atom stereocenters. The molecule has 2 heterocycles. The van der Waals surface area contributed by atoms with E-state index in [4.69, 9.17) is 5.11 Å². The van der Waals surface area contributed by atoms with Crippen molar-refractivity contribution < 1.29 is 9.90 Å². The number of nitrogens with one attached hydrogen (secondary N) is 2. The van der Waals surface area contributed by atoms with Gasteiger partial charge in [-0.25, -0.2) is 9.48 Å². The lowest BCUT2D eigenvalue weighted by Gasteiger charge is -2.25. The van der Waals surface area contributed by atoms with Crippen molar-refractivity contribution in [3.05, 3.63) is 41.9 Å². The van der Waals surface area contributed by atoms with Crippen molar-refractivity contribution in [2.24, 2.45) is 0 Å². The Kier molecular flexibility index (Phi) is 5.33. The molecule has 0 atom stereocenters. The molecule has 0 saturated heterocycles. The van der Waals surface area contributed by atoms with Crippen LogP contribution in [0.25, 0.3) is 0 Å². The lowest BCUT2D eigenvalue weighted by Crippen LogP contribution is -2.46. The van der Waals surface area contributed by atoms with Crippen LogP contribution in [0, 0.1) is 6.92 Å². The Balaban J connectivity index is 2.07. The van der Waals surface area contributed by atoms with Gasteiger partial charge in [-0.15, -0.1) is 0 Å². The monoisotopic (exact) mass is 317 g/mol. The van der Waals surface area contributed by atoms with Crippen molar-refractivity contribution in [2.75, 3.05) is 11.9 Å². The second-order valence-corrected chi connectivity index (χ2v) is 6.09. The molecule has 0 aliphatic heterocycles. The first-order valence-corrected chi connectivity index (χ1v) is 7.54. The normalized spacial score (nSPS) is 11.3. The second kappa shape index (κ2) is 7.23. The third-order valence-electron chi connectivity index (χ3n) is 3.37. The molecular weight excluding hydrogens is 294 g/mol. The zero-order valence-electron chi connectivity index (χ0n) is 13.7. The number of nitrogens with zero attached hydrogens (tertiary/aromatic N) is 3. The summed E-state index contributed by atoms with van der Waals surface area (Å²) in [7, 11) is 0. The number of amides is 2. The van der Waals surface area contributed by atoms with Gasteiger partial charge in [0.1, 0.15) is 5.82 Å². The second-order valence-electron chi connectivity index (χ2n) is 6.09. The van der Waals surface area contributed by atoms with Crippen LogP contribution in [0.1, 0.15) is 31.7 Å². The Morgan fingerprint density at radius 1 is 1.39 bits per heavy atom. The van der Waals surface area contributed by atoms with Crippen LogP contribution in [0.5, 0.6) is 0 Å². The van der Waals surface area contributed by atoms with Crippen LogP contribution < -0.4 is 10.6 Å². The fourth-order valence-electron chi connectivity index (χ4n) is 2.21. The first kappa shape index (κ1) is 17.0. The minimum atomic E-state index is -0.486. The summed E-state index contributed by atoms with van der Waals surface area (Å²) in [6, 6.07) is 7.15. The maximum absolute atomic E-state index is 12.2. The summed E-state index contributed by atoms with van der Waals surface area (Å²) < 4.78 is 1.70. The minimum absolute atomic E-state index is 0.0179. The van der Waals surface area contributed by atoms with Crippen molar-refractivity contribution in [3.63, 3.8) is 0 Å². The molecule has 3 N–H and O–H groups in total. The van der Waals surface area contributed by atoms with Crippen LogP contribution in [0.3, 0.4) is 0 Å². The Bertz CT molecular complexity index is 652. The zero-order chi connectivity index (χ0) is 16.9. The van der Waals surface area contributed by atoms with Crippen molar-refractivity contribution in [1.29, 1.82) is 0 Å². The molecule has 2 rings (SSSR count). The van der Waals surface area contributed by atoms with Gasteiger partial charge in [-0.1, -0.05) is 6.07 Å². The zero-order valence-corrected chi connectivity index (χ0v) is 13.7. The smallest absolute Gasteiger partial charge is 0.320 e. The van der Waals surface area contributed by atoms with Crippen molar-refractivity contribution in [2.45, 2.75) is 39.3 Å². The lowest BCUT2D eigenvalue weighted by molar-refractivity contribution is 0.218. The Hall–Kier alpha value is -2.41. The molecule has 7 nitrogen and oxygen atoms in total. The van der Waals surface area contributed by atoms with E-state index in [0.29, 0.717) is 18.8 Å².